The smallest absolute Gasteiger partial charge is 0.0417 e. The number of halogens is 2. The Hall–Kier alpha value is -0.0900. The van der Waals surface area contributed by atoms with Crippen LogP contribution in [0.5, 0.6) is 0 Å². The molecule has 1 aromatic rings. The van der Waals surface area contributed by atoms with Crippen molar-refractivity contribution in [3.05, 3.63) is 33.3 Å². The van der Waals surface area contributed by atoms with Crippen molar-refractivity contribution >= 4 is 27.5 Å². The molecule has 0 radical (unpaired) electrons. The van der Waals surface area contributed by atoms with E-state index in [9.17, 15) is 0 Å². The molecule has 1 aliphatic heterocycles. The first-order valence-corrected chi connectivity index (χ1v) is 7.47. The van der Waals surface area contributed by atoms with Gasteiger partial charge in [0.1, 0.15) is 0 Å². The molecule has 0 amide bonds. The standard InChI is InChI=1S/C14H20BrClN2/c1-14(2)9-18(6-5-13(14)17)8-10-3-4-11(16)7-12(10)15/h3-4,7,13H,5-6,8-9,17H2,1-2H3. The molecule has 2 nitrogen and oxygen atoms in total. The Labute approximate surface area is 123 Å². The summed E-state index contributed by atoms with van der Waals surface area (Å²) in [6.07, 6.45) is 1.07. The minimum atomic E-state index is 0.192. The van der Waals surface area contributed by atoms with Crippen molar-refractivity contribution in [3.8, 4) is 0 Å². The van der Waals surface area contributed by atoms with Crippen molar-refractivity contribution in [2.24, 2.45) is 11.1 Å². The molecular weight excluding hydrogens is 312 g/mol. The van der Waals surface area contributed by atoms with E-state index in [1.54, 1.807) is 0 Å². The second kappa shape index (κ2) is 5.49. The molecule has 0 spiro atoms. The molecule has 1 unspecified atom stereocenters. The van der Waals surface area contributed by atoms with Gasteiger partial charge in [-0.2, -0.15) is 0 Å². The number of likely N-dealkylation sites (tertiary alicyclic amines) is 1. The van der Waals surface area contributed by atoms with Crippen LogP contribution in [0.15, 0.2) is 22.7 Å². The molecule has 0 aliphatic carbocycles. The van der Waals surface area contributed by atoms with E-state index in [1.807, 2.05) is 12.1 Å². The molecule has 1 fully saturated rings. The maximum Gasteiger partial charge on any atom is 0.0417 e. The maximum absolute atomic E-state index is 6.16. The topological polar surface area (TPSA) is 29.3 Å². The maximum atomic E-state index is 6.16. The van der Waals surface area contributed by atoms with Gasteiger partial charge in [0.2, 0.25) is 0 Å². The van der Waals surface area contributed by atoms with E-state index < -0.39 is 0 Å². The predicted molar refractivity (Wildman–Crippen MR) is 80.8 cm³/mol. The van der Waals surface area contributed by atoms with Gasteiger partial charge in [-0.05, 0) is 29.5 Å². The first-order chi connectivity index (χ1) is 8.38. The molecule has 100 valence electrons. The van der Waals surface area contributed by atoms with E-state index in [0.717, 1.165) is 35.6 Å². The SMILES string of the molecule is CC1(C)CN(Cc2ccc(Cl)cc2Br)CCC1N. The molecule has 1 aliphatic rings. The molecule has 1 heterocycles. The lowest BCUT2D eigenvalue weighted by Gasteiger charge is -2.42. The van der Waals surface area contributed by atoms with E-state index in [2.05, 4.69) is 40.7 Å². The quantitative estimate of drug-likeness (QED) is 0.896. The highest BCUT2D eigenvalue weighted by molar-refractivity contribution is 9.10. The second-order valence-corrected chi connectivity index (χ2v) is 7.12. The molecule has 0 saturated carbocycles. The van der Waals surface area contributed by atoms with Crippen LogP contribution in [0.4, 0.5) is 0 Å². The number of rotatable bonds is 2. The lowest BCUT2D eigenvalue weighted by molar-refractivity contribution is 0.0897. The average Bonchev–Trinajstić information content (AvgIpc) is 2.27. The van der Waals surface area contributed by atoms with Gasteiger partial charge in [-0.3, -0.25) is 4.90 Å². The Morgan fingerprint density at radius 1 is 1.50 bits per heavy atom. The minimum Gasteiger partial charge on any atom is -0.327 e. The molecule has 1 aromatic carbocycles. The van der Waals surface area contributed by atoms with Crippen LogP contribution in [0.25, 0.3) is 0 Å². The molecule has 4 heteroatoms. The number of nitrogens with two attached hydrogens (primary N) is 1. The van der Waals surface area contributed by atoms with Crippen molar-refractivity contribution in [1.29, 1.82) is 0 Å². The van der Waals surface area contributed by atoms with Crippen LogP contribution in [0.3, 0.4) is 0 Å². The van der Waals surface area contributed by atoms with Gasteiger partial charge in [-0.15, -0.1) is 0 Å². The Morgan fingerprint density at radius 3 is 2.83 bits per heavy atom. The van der Waals surface area contributed by atoms with Gasteiger partial charge in [0, 0.05) is 35.2 Å². The highest BCUT2D eigenvalue weighted by Crippen LogP contribution is 2.30. The molecule has 1 atom stereocenters. The summed E-state index contributed by atoms with van der Waals surface area (Å²) >= 11 is 9.54. The normalized spacial score (nSPS) is 24.2. The highest BCUT2D eigenvalue weighted by Gasteiger charge is 2.33. The van der Waals surface area contributed by atoms with Gasteiger partial charge in [-0.1, -0.05) is 47.4 Å². The predicted octanol–water partition coefficient (Wildman–Crippen LogP) is 3.66. The van der Waals surface area contributed by atoms with Crippen molar-refractivity contribution in [3.63, 3.8) is 0 Å². The number of piperidine rings is 1. The lowest BCUT2D eigenvalue weighted by Crippen LogP contribution is -2.52. The average molecular weight is 332 g/mol. The van der Waals surface area contributed by atoms with Crippen LogP contribution < -0.4 is 5.73 Å². The first-order valence-electron chi connectivity index (χ1n) is 6.30. The van der Waals surface area contributed by atoms with E-state index in [4.69, 9.17) is 17.3 Å². The van der Waals surface area contributed by atoms with Gasteiger partial charge >= 0.3 is 0 Å². The summed E-state index contributed by atoms with van der Waals surface area (Å²) in [4.78, 5) is 2.47. The summed E-state index contributed by atoms with van der Waals surface area (Å²) in [6, 6.07) is 6.30. The van der Waals surface area contributed by atoms with E-state index in [1.165, 1.54) is 5.56 Å². The molecule has 2 rings (SSSR count). The van der Waals surface area contributed by atoms with Crippen LogP contribution >= 0.6 is 27.5 Å². The monoisotopic (exact) mass is 330 g/mol. The van der Waals surface area contributed by atoms with Crippen LogP contribution in [0.1, 0.15) is 25.8 Å². The van der Waals surface area contributed by atoms with Crippen LogP contribution in [-0.2, 0) is 6.54 Å². The minimum absolute atomic E-state index is 0.192. The molecular formula is C14H20BrClN2. The van der Waals surface area contributed by atoms with E-state index in [-0.39, 0.29) is 5.41 Å². The van der Waals surface area contributed by atoms with Crippen LogP contribution in [-0.4, -0.2) is 24.0 Å². The number of benzene rings is 1. The fraction of sp³-hybridized carbons (Fsp3) is 0.571. The Morgan fingerprint density at radius 2 is 2.22 bits per heavy atom. The van der Waals surface area contributed by atoms with Crippen molar-refractivity contribution in [2.75, 3.05) is 13.1 Å². The highest BCUT2D eigenvalue weighted by atomic mass is 79.9. The Balaban J connectivity index is 2.06. The lowest BCUT2D eigenvalue weighted by atomic mass is 9.79. The molecule has 2 N–H and O–H groups in total. The third-order valence-electron chi connectivity index (χ3n) is 3.80. The first kappa shape index (κ1) is 14.3. The van der Waals surface area contributed by atoms with Gasteiger partial charge in [0.15, 0.2) is 0 Å². The number of hydrogen-bond acceptors (Lipinski definition) is 2. The zero-order valence-electron chi connectivity index (χ0n) is 10.9. The Kier molecular flexibility index (Phi) is 4.37. The fourth-order valence-corrected chi connectivity index (χ4v) is 3.32. The summed E-state index contributed by atoms with van der Waals surface area (Å²) in [7, 11) is 0. The largest absolute Gasteiger partial charge is 0.327 e. The summed E-state index contributed by atoms with van der Waals surface area (Å²) in [5.74, 6) is 0. The second-order valence-electron chi connectivity index (χ2n) is 5.83. The zero-order chi connectivity index (χ0) is 13.3. The number of nitrogens with zero attached hydrogens (tertiary/aromatic N) is 1. The molecule has 18 heavy (non-hydrogen) atoms. The summed E-state index contributed by atoms with van der Waals surface area (Å²) in [5, 5.41) is 0.770. The van der Waals surface area contributed by atoms with Crippen molar-refractivity contribution in [2.45, 2.75) is 32.9 Å². The van der Waals surface area contributed by atoms with E-state index >= 15 is 0 Å². The fourth-order valence-electron chi connectivity index (χ4n) is 2.51. The third-order valence-corrected chi connectivity index (χ3v) is 4.77. The van der Waals surface area contributed by atoms with Gasteiger partial charge in [0.25, 0.3) is 0 Å². The van der Waals surface area contributed by atoms with Crippen LogP contribution in [0.2, 0.25) is 5.02 Å². The van der Waals surface area contributed by atoms with Crippen molar-refractivity contribution in [1.82, 2.24) is 4.90 Å². The van der Waals surface area contributed by atoms with E-state index in [0.29, 0.717) is 6.04 Å². The van der Waals surface area contributed by atoms with Crippen molar-refractivity contribution < 1.29 is 0 Å². The Bertz CT molecular complexity index is 434. The molecule has 0 aromatic heterocycles. The van der Waals surface area contributed by atoms with Gasteiger partial charge < -0.3 is 5.73 Å². The third kappa shape index (κ3) is 3.27. The molecule has 1 saturated heterocycles. The van der Waals surface area contributed by atoms with Gasteiger partial charge in [-0.25, -0.2) is 0 Å². The summed E-state index contributed by atoms with van der Waals surface area (Å²) < 4.78 is 1.09. The summed E-state index contributed by atoms with van der Waals surface area (Å²) in [5.41, 5.74) is 7.64. The molecule has 0 bridgehead atoms. The zero-order valence-corrected chi connectivity index (χ0v) is 13.3. The van der Waals surface area contributed by atoms with Gasteiger partial charge in [0.05, 0.1) is 0 Å². The summed E-state index contributed by atoms with van der Waals surface area (Å²) in [6.45, 7) is 7.57. The van der Waals surface area contributed by atoms with Crippen LogP contribution in [0, 0.1) is 5.41 Å². The number of hydrogen-bond donors (Lipinski definition) is 1.